The van der Waals surface area contributed by atoms with Crippen LogP contribution < -0.4 is 15.4 Å². The Hall–Kier alpha value is -3.16. The number of fused-ring (bicyclic) bond motifs is 3. The van der Waals surface area contributed by atoms with Gasteiger partial charge in [0.2, 0.25) is 5.91 Å². The topological polar surface area (TPSA) is 63.5 Å². The third-order valence-corrected chi connectivity index (χ3v) is 5.21. The number of methoxy groups -OCH3 is 1. The van der Waals surface area contributed by atoms with E-state index in [1.54, 1.807) is 13.2 Å². The minimum atomic E-state index is -0.334. The molecule has 0 spiro atoms. The third-order valence-electron chi connectivity index (χ3n) is 4.48. The molecule has 0 aliphatic carbocycles. The average Bonchev–Trinajstić information content (AvgIpc) is 3.10. The van der Waals surface area contributed by atoms with E-state index in [9.17, 15) is 4.79 Å². The highest BCUT2D eigenvalue weighted by Gasteiger charge is 2.13. The van der Waals surface area contributed by atoms with Crippen LogP contribution in [0.25, 0.3) is 28.0 Å². The second-order valence-electron chi connectivity index (χ2n) is 6.48. The molecule has 150 valence electrons. The number of benzene rings is 3. The maximum atomic E-state index is 12.2. The lowest BCUT2D eigenvalue weighted by molar-refractivity contribution is -0.115. The number of ether oxygens (including phenoxy) is 1. The lowest BCUT2D eigenvalue weighted by Crippen LogP contribution is -2.32. The number of carbonyl (C=O) groups excluding carboxylic acids is 1. The summed E-state index contributed by atoms with van der Waals surface area (Å²) in [5.74, 6) is 0.259. The molecule has 2 N–H and O–H groups in total. The Morgan fingerprint density at radius 2 is 1.83 bits per heavy atom. The Balaban J connectivity index is 1.50. The van der Waals surface area contributed by atoms with Gasteiger partial charge < -0.3 is 14.5 Å². The number of amides is 1. The fourth-order valence-corrected chi connectivity index (χ4v) is 3.55. The first-order valence-corrected chi connectivity index (χ1v) is 10.3. The first kappa shape index (κ1) is 20.1. The average molecular weight is 481 g/mol. The number of para-hydroxylation sites is 1. The van der Waals surface area contributed by atoms with Crippen LogP contribution >= 0.6 is 28.1 Å². The number of hydrogen-bond donors (Lipinski definition) is 2. The Bertz CT molecular complexity index is 1280. The van der Waals surface area contributed by atoms with Crippen molar-refractivity contribution in [3.05, 3.63) is 76.8 Å². The molecule has 0 bridgehead atoms. The van der Waals surface area contributed by atoms with Gasteiger partial charge in [0.05, 0.1) is 12.8 Å². The highest BCUT2D eigenvalue weighted by Crippen LogP contribution is 2.36. The number of carbonyl (C=O) groups is 1. The van der Waals surface area contributed by atoms with Gasteiger partial charge in [-0.25, -0.2) is 0 Å². The van der Waals surface area contributed by atoms with Crippen molar-refractivity contribution in [3.8, 4) is 5.75 Å². The summed E-state index contributed by atoms with van der Waals surface area (Å²) in [4.78, 5) is 12.2. The Morgan fingerprint density at radius 1 is 1.07 bits per heavy atom. The Kier molecular flexibility index (Phi) is 5.83. The molecule has 1 aromatic heterocycles. The van der Waals surface area contributed by atoms with Crippen molar-refractivity contribution in [1.29, 1.82) is 0 Å². The SMILES string of the molecule is COc1cc2c(cc1NC(=S)NC(=O)C=Cc1ccc(Br)cc1)oc1ccccc12. The summed E-state index contributed by atoms with van der Waals surface area (Å²) >= 11 is 8.67. The standard InChI is InChI=1S/C23H17BrN2O3S/c1-28-21-12-17-16-4-2-3-5-19(16)29-20(17)13-18(21)25-23(30)26-22(27)11-8-14-6-9-15(24)10-7-14/h2-13H,1H3,(H2,25,26,27,30). The van der Waals surface area contributed by atoms with E-state index in [2.05, 4.69) is 26.6 Å². The van der Waals surface area contributed by atoms with E-state index in [0.29, 0.717) is 17.0 Å². The molecule has 7 heteroatoms. The summed E-state index contributed by atoms with van der Waals surface area (Å²) in [7, 11) is 1.58. The molecule has 4 rings (SSSR count). The zero-order valence-corrected chi connectivity index (χ0v) is 18.3. The normalized spacial score (nSPS) is 11.1. The van der Waals surface area contributed by atoms with Gasteiger partial charge in [-0.2, -0.15) is 0 Å². The molecule has 0 saturated heterocycles. The van der Waals surface area contributed by atoms with Gasteiger partial charge in [0.25, 0.3) is 0 Å². The summed E-state index contributed by atoms with van der Waals surface area (Å²) < 4.78 is 12.4. The number of thiocarbonyl (C=S) groups is 1. The van der Waals surface area contributed by atoms with E-state index in [1.807, 2.05) is 60.7 Å². The maximum absolute atomic E-state index is 12.2. The number of halogens is 1. The monoisotopic (exact) mass is 480 g/mol. The molecule has 0 atom stereocenters. The molecule has 0 aliphatic rings. The van der Waals surface area contributed by atoms with E-state index in [4.69, 9.17) is 21.4 Å². The highest BCUT2D eigenvalue weighted by molar-refractivity contribution is 9.10. The van der Waals surface area contributed by atoms with E-state index < -0.39 is 0 Å². The van der Waals surface area contributed by atoms with Gasteiger partial charge in [-0.05, 0) is 48.1 Å². The number of furan rings is 1. The number of anilines is 1. The predicted molar refractivity (Wildman–Crippen MR) is 128 cm³/mol. The zero-order chi connectivity index (χ0) is 21.1. The van der Waals surface area contributed by atoms with Gasteiger partial charge in [-0.1, -0.05) is 46.3 Å². The molecule has 30 heavy (non-hydrogen) atoms. The molecule has 0 fully saturated rings. The van der Waals surface area contributed by atoms with E-state index in [-0.39, 0.29) is 11.0 Å². The van der Waals surface area contributed by atoms with Gasteiger partial charge in [-0.3, -0.25) is 10.1 Å². The van der Waals surface area contributed by atoms with E-state index >= 15 is 0 Å². The van der Waals surface area contributed by atoms with Crippen LogP contribution in [-0.2, 0) is 4.79 Å². The van der Waals surface area contributed by atoms with Gasteiger partial charge in [-0.15, -0.1) is 0 Å². The molecule has 5 nitrogen and oxygen atoms in total. The largest absolute Gasteiger partial charge is 0.495 e. The number of rotatable bonds is 4. The van der Waals surface area contributed by atoms with Gasteiger partial charge in [0, 0.05) is 27.4 Å². The Morgan fingerprint density at radius 3 is 2.60 bits per heavy atom. The van der Waals surface area contributed by atoms with Crippen LogP contribution in [0.4, 0.5) is 5.69 Å². The predicted octanol–water partition coefficient (Wildman–Crippen LogP) is 5.88. The summed E-state index contributed by atoms with van der Waals surface area (Å²) in [6, 6.07) is 19.1. The molecule has 1 amide bonds. The molecular weight excluding hydrogens is 464 g/mol. The summed E-state index contributed by atoms with van der Waals surface area (Å²) in [6.45, 7) is 0. The molecule has 0 radical (unpaired) electrons. The van der Waals surface area contributed by atoms with Gasteiger partial charge >= 0.3 is 0 Å². The van der Waals surface area contributed by atoms with Crippen molar-refractivity contribution in [2.45, 2.75) is 0 Å². The lowest BCUT2D eigenvalue weighted by atomic mass is 10.1. The summed E-state index contributed by atoms with van der Waals surface area (Å²) in [6.07, 6.45) is 3.14. The summed E-state index contributed by atoms with van der Waals surface area (Å²) in [5, 5.41) is 7.76. The maximum Gasteiger partial charge on any atom is 0.250 e. The fraction of sp³-hybridized carbons (Fsp3) is 0.0435. The van der Waals surface area contributed by atoms with Crippen LogP contribution in [-0.4, -0.2) is 18.1 Å². The van der Waals surface area contributed by atoms with Crippen LogP contribution in [0.5, 0.6) is 5.75 Å². The second-order valence-corrected chi connectivity index (χ2v) is 7.80. The van der Waals surface area contributed by atoms with Gasteiger partial charge in [0.15, 0.2) is 5.11 Å². The van der Waals surface area contributed by atoms with Crippen LogP contribution in [0.1, 0.15) is 5.56 Å². The highest BCUT2D eigenvalue weighted by atomic mass is 79.9. The lowest BCUT2D eigenvalue weighted by Gasteiger charge is -2.12. The minimum absolute atomic E-state index is 0.161. The van der Waals surface area contributed by atoms with Crippen LogP contribution in [0.2, 0.25) is 0 Å². The fourth-order valence-electron chi connectivity index (χ4n) is 3.07. The molecule has 4 aromatic rings. The van der Waals surface area contributed by atoms with Crippen molar-refractivity contribution >= 4 is 72.9 Å². The first-order chi connectivity index (χ1) is 14.5. The Labute approximate surface area is 186 Å². The summed E-state index contributed by atoms with van der Waals surface area (Å²) in [5.41, 5.74) is 3.00. The molecule has 1 heterocycles. The first-order valence-electron chi connectivity index (χ1n) is 9.08. The zero-order valence-electron chi connectivity index (χ0n) is 15.9. The molecule has 3 aromatic carbocycles. The van der Waals surface area contributed by atoms with Crippen LogP contribution in [0, 0.1) is 0 Å². The quantitative estimate of drug-likeness (QED) is 0.282. The molecule has 0 unspecified atom stereocenters. The minimum Gasteiger partial charge on any atom is -0.495 e. The van der Waals surface area contributed by atoms with Crippen molar-refractivity contribution < 1.29 is 13.9 Å². The number of nitrogens with one attached hydrogen (secondary N) is 2. The smallest absolute Gasteiger partial charge is 0.250 e. The van der Waals surface area contributed by atoms with E-state index in [0.717, 1.165) is 26.4 Å². The van der Waals surface area contributed by atoms with Crippen molar-refractivity contribution in [2.24, 2.45) is 0 Å². The molecule has 0 saturated carbocycles. The second kappa shape index (κ2) is 8.69. The van der Waals surface area contributed by atoms with Crippen LogP contribution in [0.3, 0.4) is 0 Å². The third kappa shape index (κ3) is 4.37. The molecule has 0 aliphatic heterocycles. The van der Waals surface area contributed by atoms with Crippen molar-refractivity contribution in [3.63, 3.8) is 0 Å². The number of hydrogen-bond acceptors (Lipinski definition) is 4. The van der Waals surface area contributed by atoms with E-state index in [1.165, 1.54) is 6.08 Å². The van der Waals surface area contributed by atoms with Crippen molar-refractivity contribution in [2.75, 3.05) is 12.4 Å². The van der Waals surface area contributed by atoms with Gasteiger partial charge in [0.1, 0.15) is 16.9 Å². The molecular formula is C23H17BrN2O3S. The van der Waals surface area contributed by atoms with Crippen molar-refractivity contribution in [1.82, 2.24) is 5.32 Å². The van der Waals surface area contributed by atoms with Crippen LogP contribution in [0.15, 0.2) is 75.6 Å².